The van der Waals surface area contributed by atoms with Crippen molar-refractivity contribution < 1.29 is 31.1 Å². The summed E-state index contributed by atoms with van der Waals surface area (Å²) < 4.78 is 72.3. The standard InChI is InChI=1S/C29H37F3N6O4S/c1-4-5-16-38(28(39)33-26-20-36(2)34-27(26)29(30,31)32)23-14-17-37(18-15-23)19-21-6-10-24(11-7-21)42-25-12-8-22(9-13-25)35-43(3,40)41/h6-13,20,23,35H,4-5,14-19H2,1-3H3,(H,33,39). The number of carbonyl (C=O) groups excluding carboxylic acids is 1. The highest BCUT2D eigenvalue weighted by atomic mass is 32.2. The molecule has 0 spiro atoms. The van der Waals surface area contributed by atoms with Gasteiger partial charge in [-0.2, -0.15) is 18.3 Å². The average Bonchev–Trinajstić information content (AvgIpc) is 3.31. The van der Waals surface area contributed by atoms with Crippen molar-refractivity contribution in [3.05, 3.63) is 66.0 Å². The van der Waals surface area contributed by atoms with Gasteiger partial charge in [-0.05, 0) is 61.2 Å². The number of aryl methyl sites for hydroxylation is 1. The number of nitrogens with one attached hydrogen (secondary N) is 2. The van der Waals surface area contributed by atoms with Crippen LogP contribution in [0.2, 0.25) is 0 Å². The van der Waals surface area contributed by atoms with Gasteiger partial charge in [-0.1, -0.05) is 25.5 Å². The van der Waals surface area contributed by atoms with Crippen molar-refractivity contribution in [2.24, 2.45) is 7.05 Å². The first-order valence-corrected chi connectivity index (χ1v) is 16.0. The molecule has 2 amide bonds. The summed E-state index contributed by atoms with van der Waals surface area (Å²) >= 11 is 0. The van der Waals surface area contributed by atoms with Crippen molar-refractivity contribution in [1.82, 2.24) is 19.6 Å². The number of rotatable bonds is 11. The van der Waals surface area contributed by atoms with Crippen molar-refractivity contribution in [3.8, 4) is 11.5 Å². The lowest BCUT2D eigenvalue weighted by Crippen LogP contribution is -2.49. The second-order valence-corrected chi connectivity index (χ2v) is 12.4. The predicted octanol–water partition coefficient (Wildman–Crippen LogP) is 5.90. The van der Waals surface area contributed by atoms with Crippen molar-refractivity contribution in [2.75, 3.05) is 35.9 Å². The number of hydrogen-bond acceptors (Lipinski definition) is 6. The van der Waals surface area contributed by atoms with Crippen LogP contribution in [0.4, 0.5) is 29.3 Å². The van der Waals surface area contributed by atoms with E-state index >= 15 is 0 Å². The number of sulfonamides is 1. The molecular weight excluding hydrogens is 585 g/mol. The number of alkyl halides is 3. The van der Waals surface area contributed by atoms with Crippen LogP contribution >= 0.6 is 0 Å². The number of nitrogens with zero attached hydrogens (tertiary/aromatic N) is 4. The van der Waals surface area contributed by atoms with Gasteiger partial charge in [0.05, 0.1) is 11.9 Å². The Balaban J connectivity index is 1.30. The molecule has 0 bridgehead atoms. The molecular formula is C29H37F3N6O4S. The van der Waals surface area contributed by atoms with Crippen LogP contribution in [0.25, 0.3) is 0 Å². The summed E-state index contributed by atoms with van der Waals surface area (Å²) in [5.41, 5.74) is 0.0969. The number of ether oxygens (including phenoxy) is 1. The largest absolute Gasteiger partial charge is 0.457 e. The minimum absolute atomic E-state index is 0.0800. The summed E-state index contributed by atoms with van der Waals surface area (Å²) in [6.07, 6.45) is 0.623. The molecule has 0 aliphatic carbocycles. The Kier molecular flexibility index (Phi) is 10.2. The van der Waals surface area contributed by atoms with E-state index in [-0.39, 0.29) is 11.7 Å². The molecule has 1 saturated heterocycles. The molecule has 0 atom stereocenters. The van der Waals surface area contributed by atoms with Crippen LogP contribution in [0.15, 0.2) is 54.7 Å². The number of piperidine rings is 1. The number of amides is 2. The third-order valence-electron chi connectivity index (χ3n) is 7.07. The zero-order chi connectivity index (χ0) is 31.2. The highest BCUT2D eigenvalue weighted by molar-refractivity contribution is 7.92. The first-order valence-electron chi connectivity index (χ1n) is 14.1. The molecule has 1 aliphatic rings. The van der Waals surface area contributed by atoms with Gasteiger partial charge in [0.2, 0.25) is 10.0 Å². The van der Waals surface area contributed by atoms with E-state index in [0.717, 1.165) is 42.4 Å². The molecule has 14 heteroatoms. The molecule has 3 aromatic rings. The average molecular weight is 623 g/mol. The van der Waals surface area contributed by atoms with Crippen molar-refractivity contribution in [2.45, 2.75) is 51.4 Å². The van der Waals surface area contributed by atoms with Crippen LogP contribution in [0.5, 0.6) is 11.5 Å². The Morgan fingerprint density at radius 1 is 1.07 bits per heavy atom. The molecule has 2 heterocycles. The third kappa shape index (κ3) is 9.35. The van der Waals surface area contributed by atoms with E-state index in [1.807, 2.05) is 31.2 Å². The van der Waals surface area contributed by atoms with Gasteiger partial charge in [0.25, 0.3) is 0 Å². The van der Waals surface area contributed by atoms with E-state index in [4.69, 9.17) is 4.74 Å². The number of urea groups is 1. The zero-order valence-corrected chi connectivity index (χ0v) is 25.2. The van der Waals surface area contributed by atoms with E-state index in [1.165, 1.54) is 13.2 Å². The summed E-state index contributed by atoms with van der Waals surface area (Å²) in [4.78, 5) is 17.1. The van der Waals surface area contributed by atoms with E-state index in [0.29, 0.717) is 43.1 Å². The maximum absolute atomic E-state index is 13.4. The fourth-order valence-corrected chi connectivity index (χ4v) is 5.57. The molecule has 2 aromatic carbocycles. The van der Waals surface area contributed by atoms with Crippen molar-refractivity contribution >= 4 is 27.4 Å². The zero-order valence-electron chi connectivity index (χ0n) is 24.4. The maximum atomic E-state index is 13.4. The lowest BCUT2D eigenvalue weighted by atomic mass is 10.0. The Labute approximate surface area is 249 Å². The first-order chi connectivity index (χ1) is 20.3. The van der Waals surface area contributed by atoms with Crippen LogP contribution in [-0.4, -0.2) is 66.0 Å². The lowest BCUT2D eigenvalue weighted by molar-refractivity contribution is -0.140. The SMILES string of the molecule is CCCCN(C(=O)Nc1cn(C)nc1C(F)(F)F)C1CCN(Cc2ccc(Oc3ccc(NS(C)(=O)=O)cc3)cc2)CC1. The van der Waals surface area contributed by atoms with Crippen molar-refractivity contribution in [3.63, 3.8) is 0 Å². The highest BCUT2D eigenvalue weighted by Crippen LogP contribution is 2.34. The quantitative estimate of drug-likeness (QED) is 0.276. The molecule has 1 aliphatic heterocycles. The Hall–Kier alpha value is -3.78. The number of halogens is 3. The third-order valence-corrected chi connectivity index (χ3v) is 7.68. The van der Waals surface area contributed by atoms with Crippen molar-refractivity contribution in [1.29, 1.82) is 0 Å². The number of hydrogen-bond donors (Lipinski definition) is 2. The van der Waals surface area contributed by atoms with Gasteiger partial charge < -0.3 is 15.0 Å². The molecule has 0 unspecified atom stereocenters. The number of likely N-dealkylation sites (tertiary alicyclic amines) is 1. The summed E-state index contributed by atoms with van der Waals surface area (Å²) in [6.45, 7) is 4.67. The summed E-state index contributed by atoms with van der Waals surface area (Å²) in [6, 6.07) is 13.7. The van der Waals surface area contributed by atoms with E-state index in [9.17, 15) is 26.4 Å². The number of aromatic nitrogens is 2. The second-order valence-electron chi connectivity index (χ2n) is 10.7. The first kappa shape index (κ1) is 32.1. The smallest absolute Gasteiger partial charge is 0.437 e. The van der Waals surface area contributed by atoms with Crippen LogP contribution in [-0.2, 0) is 29.8 Å². The molecule has 0 saturated carbocycles. The van der Waals surface area contributed by atoms with Gasteiger partial charge in [0, 0.05) is 51.2 Å². The molecule has 1 fully saturated rings. The molecule has 1 aromatic heterocycles. The number of carbonyl (C=O) groups is 1. The molecule has 43 heavy (non-hydrogen) atoms. The number of benzene rings is 2. The lowest BCUT2D eigenvalue weighted by Gasteiger charge is -2.38. The van der Waals surface area contributed by atoms with Gasteiger partial charge >= 0.3 is 12.2 Å². The summed E-state index contributed by atoms with van der Waals surface area (Å²) in [7, 11) is -1.96. The van der Waals surface area contributed by atoms with E-state index in [1.54, 1.807) is 29.2 Å². The minimum atomic E-state index is -4.67. The minimum Gasteiger partial charge on any atom is -0.457 e. The van der Waals surface area contributed by atoms with Crippen LogP contribution in [0, 0.1) is 0 Å². The van der Waals surface area contributed by atoms with E-state index < -0.39 is 27.9 Å². The summed E-state index contributed by atoms with van der Waals surface area (Å²) in [5.74, 6) is 1.22. The van der Waals surface area contributed by atoms with Gasteiger partial charge in [-0.15, -0.1) is 0 Å². The van der Waals surface area contributed by atoms with Gasteiger partial charge in [-0.3, -0.25) is 14.3 Å². The Bertz CT molecular complexity index is 1470. The van der Waals surface area contributed by atoms with Gasteiger partial charge in [0.1, 0.15) is 11.5 Å². The van der Waals surface area contributed by atoms with E-state index in [2.05, 4.69) is 20.0 Å². The Morgan fingerprint density at radius 3 is 2.23 bits per heavy atom. The molecule has 4 rings (SSSR count). The fraction of sp³-hybridized carbons (Fsp3) is 0.448. The summed E-state index contributed by atoms with van der Waals surface area (Å²) in [5, 5.41) is 5.94. The van der Waals surface area contributed by atoms with Crippen LogP contribution in [0.1, 0.15) is 43.9 Å². The fourth-order valence-electron chi connectivity index (χ4n) is 5.01. The number of anilines is 2. The Morgan fingerprint density at radius 2 is 1.67 bits per heavy atom. The monoisotopic (exact) mass is 622 g/mol. The van der Waals surface area contributed by atoms with Gasteiger partial charge in [-0.25, -0.2) is 13.2 Å². The predicted molar refractivity (Wildman–Crippen MR) is 159 cm³/mol. The molecule has 2 N–H and O–H groups in total. The second kappa shape index (κ2) is 13.7. The van der Waals surface area contributed by atoms with Crippen LogP contribution in [0.3, 0.4) is 0 Å². The molecule has 10 nitrogen and oxygen atoms in total. The normalized spacial score (nSPS) is 14.8. The highest BCUT2D eigenvalue weighted by Gasteiger charge is 2.38. The van der Waals surface area contributed by atoms with Crippen LogP contribution < -0.4 is 14.8 Å². The maximum Gasteiger partial charge on any atom is 0.437 e. The number of unbranched alkanes of at least 4 members (excludes halogenated alkanes) is 1. The topological polar surface area (TPSA) is 109 Å². The van der Waals surface area contributed by atoms with Gasteiger partial charge in [0.15, 0.2) is 5.69 Å². The molecule has 0 radical (unpaired) electrons. The molecule has 234 valence electrons.